The van der Waals surface area contributed by atoms with Crippen molar-refractivity contribution < 1.29 is 0 Å². The van der Waals surface area contributed by atoms with Gasteiger partial charge < -0.3 is 5.32 Å². The van der Waals surface area contributed by atoms with Crippen LogP contribution in [0.4, 0.5) is 0 Å². The summed E-state index contributed by atoms with van der Waals surface area (Å²) in [6.07, 6.45) is 4.36. The molecule has 0 aliphatic carbocycles. The van der Waals surface area contributed by atoms with Gasteiger partial charge in [0.25, 0.3) is 0 Å². The van der Waals surface area contributed by atoms with Gasteiger partial charge in [-0.15, -0.1) is 11.8 Å². The molecule has 0 bridgehead atoms. The summed E-state index contributed by atoms with van der Waals surface area (Å²) in [5, 5.41) is 3.74. The van der Waals surface area contributed by atoms with E-state index in [2.05, 4.69) is 68.3 Å². The topological polar surface area (TPSA) is 12.0 Å². The third-order valence-corrected chi connectivity index (χ3v) is 4.40. The first-order chi connectivity index (χ1) is 9.75. The summed E-state index contributed by atoms with van der Waals surface area (Å²) in [4.78, 5) is 0. The fraction of sp³-hybridized carbons (Fsp3) is 0.579. The third-order valence-electron chi connectivity index (χ3n) is 4.40. The quantitative estimate of drug-likeness (QED) is 0.685. The van der Waals surface area contributed by atoms with E-state index in [4.69, 9.17) is 0 Å². The maximum absolute atomic E-state index is 3.74. The van der Waals surface area contributed by atoms with Gasteiger partial charge >= 0.3 is 0 Å². The Morgan fingerprint density at radius 2 is 1.75 bits per heavy atom. The van der Waals surface area contributed by atoms with Crippen LogP contribution in [0, 0.1) is 11.8 Å². The Morgan fingerprint density at radius 1 is 1.10 bits per heavy atom. The van der Waals surface area contributed by atoms with Crippen molar-refractivity contribution in [3.8, 4) is 11.8 Å². The number of rotatable bonds is 8. The molecule has 0 radical (unpaired) electrons. The molecule has 1 N–H and O–H groups in total. The van der Waals surface area contributed by atoms with E-state index in [1.54, 1.807) is 0 Å². The predicted molar refractivity (Wildman–Crippen MR) is 88.9 cm³/mol. The van der Waals surface area contributed by atoms with Crippen molar-refractivity contribution in [1.29, 1.82) is 0 Å². The van der Waals surface area contributed by atoms with Gasteiger partial charge in [-0.2, -0.15) is 0 Å². The van der Waals surface area contributed by atoms with Crippen LogP contribution in [-0.2, 0) is 5.41 Å². The van der Waals surface area contributed by atoms with E-state index in [9.17, 15) is 0 Å². The molecule has 1 aromatic carbocycles. The van der Waals surface area contributed by atoms with E-state index >= 15 is 0 Å². The molecule has 0 aliphatic rings. The molecular weight excluding hydrogens is 242 g/mol. The van der Waals surface area contributed by atoms with Gasteiger partial charge in [-0.25, -0.2) is 0 Å². The first-order valence-electron chi connectivity index (χ1n) is 7.93. The minimum absolute atomic E-state index is 0.181. The molecule has 1 atom stereocenters. The lowest BCUT2D eigenvalue weighted by molar-refractivity contribution is 0.274. The largest absolute Gasteiger partial charge is 0.312 e. The predicted octanol–water partition coefficient (Wildman–Crippen LogP) is 4.53. The minimum atomic E-state index is 0.181. The SMILES string of the molecule is CC#CCC(NCCC)C(CC)(CC)c1ccccc1. The number of hydrogen-bond acceptors (Lipinski definition) is 1. The minimum Gasteiger partial charge on any atom is -0.312 e. The van der Waals surface area contributed by atoms with Gasteiger partial charge in [0.2, 0.25) is 0 Å². The van der Waals surface area contributed by atoms with E-state index < -0.39 is 0 Å². The number of benzene rings is 1. The van der Waals surface area contributed by atoms with Gasteiger partial charge in [0.05, 0.1) is 0 Å². The van der Waals surface area contributed by atoms with Crippen LogP contribution in [0.15, 0.2) is 30.3 Å². The normalized spacial score (nSPS) is 12.6. The molecule has 0 amide bonds. The zero-order valence-electron chi connectivity index (χ0n) is 13.5. The second-order valence-corrected chi connectivity index (χ2v) is 5.37. The fourth-order valence-electron chi connectivity index (χ4n) is 3.11. The summed E-state index contributed by atoms with van der Waals surface area (Å²) in [5.41, 5.74) is 1.62. The standard InChI is InChI=1S/C19H29N/c1-5-9-15-18(20-16-6-2)19(7-3,8-4)17-13-11-10-12-14-17/h10-14,18,20H,6-8,15-16H2,1-4H3. The molecule has 0 heterocycles. The lowest BCUT2D eigenvalue weighted by atomic mass is 9.69. The van der Waals surface area contributed by atoms with Gasteiger partial charge in [-0.05, 0) is 38.3 Å². The molecule has 0 fully saturated rings. The van der Waals surface area contributed by atoms with E-state index in [1.807, 2.05) is 6.92 Å². The van der Waals surface area contributed by atoms with Crippen LogP contribution in [0.25, 0.3) is 0 Å². The molecule has 1 aromatic rings. The van der Waals surface area contributed by atoms with Crippen molar-refractivity contribution in [2.75, 3.05) is 6.54 Å². The Labute approximate surface area is 125 Å². The van der Waals surface area contributed by atoms with Crippen molar-refractivity contribution in [2.45, 2.75) is 64.8 Å². The molecule has 0 saturated heterocycles. The van der Waals surface area contributed by atoms with Crippen molar-refractivity contribution in [2.24, 2.45) is 0 Å². The van der Waals surface area contributed by atoms with Crippen LogP contribution in [0.5, 0.6) is 0 Å². The molecule has 110 valence electrons. The van der Waals surface area contributed by atoms with Crippen molar-refractivity contribution in [3.63, 3.8) is 0 Å². The van der Waals surface area contributed by atoms with Crippen molar-refractivity contribution >= 4 is 0 Å². The summed E-state index contributed by atoms with van der Waals surface area (Å²) < 4.78 is 0. The van der Waals surface area contributed by atoms with Crippen LogP contribution in [0.1, 0.15) is 58.9 Å². The molecule has 20 heavy (non-hydrogen) atoms. The molecule has 0 saturated carbocycles. The number of nitrogens with one attached hydrogen (secondary N) is 1. The van der Waals surface area contributed by atoms with Crippen LogP contribution < -0.4 is 5.32 Å². The monoisotopic (exact) mass is 271 g/mol. The van der Waals surface area contributed by atoms with Crippen molar-refractivity contribution in [3.05, 3.63) is 35.9 Å². The first-order valence-corrected chi connectivity index (χ1v) is 7.93. The second-order valence-electron chi connectivity index (χ2n) is 5.37. The summed E-state index contributed by atoms with van der Waals surface area (Å²) in [5.74, 6) is 6.34. The lowest BCUT2D eigenvalue weighted by Gasteiger charge is -2.40. The highest BCUT2D eigenvalue weighted by Crippen LogP contribution is 2.36. The Morgan fingerprint density at radius 3 is 2.25 bits per heavy atom. The smallest absolute Gasteiger partial charge is 0.0273 e. The Bertz CT molecular complexity index is 420. The number of hydrogen-bond donors (Lipinski definition) is 1. The van der Waals surface area contributed by atoms with Crippen LogP contribution in [0.3, 0.4) is 0 Å². The average Bonchev–Trinajstić information content (AvgIpc) is 2.51. The Balaban J connectivity index is 3.13. The third kappa shape index (κ3) is 3.87. The Kier molecular flexibility index (Phi) is 7.41. The molecule has 1 heteroatoms. The highest BCUT2D eigenvalue weighted by molar-refractivity contribution is 5.28. The van der Waals surface area contributed by atoms with Crippen LogP contribution >= 0.6 is 0 Å². The zero-order valence-corrected chi connectivity index (χ0v) is 13.5. The Hall–Kier alpha value is -1.26. The van der Waals surface area contributed by atoms with E-state index in [1.165, 1.54) is 5.56 Å². The van der Waals surface area contributed by atoms with E-state index in [-0.39, 0.29) is 5.41 Å². The molecule has 1 unspecified atom stereocenters. The van der Waals surface area contributed by atoms with Gasteiger partial charge in [-0.1, -0.05) is 51.1 Å². The van der Waals surface area contributed by atoms with E-state index in [0.29, 0.717) is 6.04 Å². The molecule has 0 aliphatic heterocycles. The maximum atomic E-state index is 3.74. The van der Waals surface area contributed by atoms with Gasteiger partial charge in [0.1, 0.15) is 0 Å². The van der Waals surface area contributed by atoms with E-state index in [0.717, 1.165) is 32.2 Å². The van der Waals surface area contributed by atoms with Gasteiger partial charge in [0, 0.05) is 17.9 Å². The highest BCUT2D eigenvalue weighted by atomic mass is 14.9. The molecule has 0 aromatic heterocycles. The molecule has 1 rings (SSSR count). The average molecular weight is 271 g/mol. The van der Waals surface area contributed by atoms with Gasteiger partial charge in [-0.3, -0.25) is 0 Å². The zero-order chi connectivity index (χ0) is 14.8. The van der Waals surface area contributed by atoms with Gasteiger partial charge in [0.15, 0.2) is 0 Å². The van der Waals surface area contributed by atoms with Crippen molar-refractivity contribution in [1.82, 2.24) is 5.32 Å². The first kappa shape index (κ1) is 16.8. The molecule has 0 spiro atoms. The van der Waals surface area contributed by atoms with Crippen LogP contribution in [-0.4, -0.2) is 12.6 Å². The summed E-state index contributed by atoms with van der Waals surface area (Å²) >= 11 is 0. The highest BCUT2D eigenvalue weighted by Gasteiger charge is 2.36. The summed E-state index contributed by atoms with van der Waals surface area (Å²) in [7, 11) is 0. The summed E-state index contributed by atoms with van der Waals surface area (Å²) in [6, 6.07) is 11.4. The lowest BCUT2D eigenvalue weighted by Crippen LogP contribution is -2.48. The second kappa shape index (κ2) is 8.82. The maximum Gasteiger partial charge on any atom is 0.0273 e. The molecule has 1 nitrogen and oxygen atoms in total. The molecular formula is C19H29N. The summed E-state index contributed by atoms with van der Waals surface area (Å²) in [6.45, 7) is 9.81. The fourth-order valence-corrected chi connectivity index (χ4v) is 3.11. The van der Waals surface area contributed by atoms with Crippen LogP contribution in [0.2, 0.25) is 0 Å².